The molecule has 0 N–H and O–H groups in total. The van der Waals surface area contributed by atoms with E-state index >= 15 is 0 Å². The van der Waals surface area contributed by atoms with Crippen molar-refractivity contribution in [1.82, 2.24) is 0 Å². The summed E-state index contributed by atoms with van der Waals surface area (Å²) in [6.45, 7) is 1.76. The average molecular weight is 355 g/mol. The number of nitrogens with zero attached hydrogens (tertiary/aromatic N) is 1. The molecule has 1 heterocycles. The van der Waals surface area contributed by atoms with Crippen LogP contribution in [0.1, 0.15) is 23.7 Å². The monoisotopic (exact) mass is 355 g/mol. The van der Waals surface area contributed by atoms with Gasteiger partial charge in [0, 0.05) is 17.0 Å². The third-order valence-corrected chi connectivity index (χ3v) is 4.89. The molecule has 0 atom stereocenters. The van der Waals surface area contributed by atoms with Crippen molar-refractivity contribution in [2.45, 2.75) is 18.2 Å². The number of para-hydroxylation sites is 1. The maximum atomic E-state index is 12.2. The van der Waals surface area contributed by atoms with E-state index in [0.29, 0.717) is 17.1 Å². The summed E-state index contributed by atoms with van der Waals surface area (Å²) in [6, 6.07) is 14.1. The number of Topliss-reactive ketones (excluding diaryl/α,β-unsaturated/α-hetero) is 1. The smallest absolute Gasteiger partial charge is 0.312 e. The van der Waals surface area contributed by atoms with Crippen molar-refractivity contribution in [3.05, 3.63) is 54.1 Å². The summed E-state index contributed by atoms with van der Waals surface area (Å²) in [5.74, 6) is 0.286. The van der Waals surface area contributed by atoms with Gasteiger partial charge in [-0.3, -0.25) is 14.4 Å². The number of hydrogen-bond donors (Lipinski definition) is 0. The van der Waals surface area contributed by atoms with E-state index in [4.69, 9.17) is 4.74 Å². The predicted molar refractivity (Wildman–Crippen MR) is 96.2 cm³/mol. The van der Waals surface area contributed by atoms with Gasteiger partial charge in [0.2, 0.25) is 5.91 Å². The van der Waals surface area contributed by atoms with Crippen LogP contribution in [0.3, 0.4) is 0 Å². The summed E-state index contributed by atoms with van der Waals surface area (Å²) in [5, 5.41) is 0. The van der Waals surface area contributed by atoms with Gasteiger partial charge in [-0.1, -0.05) is 12.1 Å². The van der Waals surface area contributed by atoms with Gasteiger partial charge in [0.15, 0.2) is 5.78 Å². The van der Waals surface area contributed by atoms with Crippen LogP contribution in [0.15, 0.2) is 53.4 Å². The van der Waals surface area contributed by atoms with Crippen LogP contribution < -0.4 is 9.64 Å². The number of ketones is 1. The highest BCUT2D eigenvalue weighted by atomic mass is 32.2. The second-order valence-electron chi connectivity index (χ2n) is 5.61. The molecule has 0 bridgehead atoms. The Bertz CT molecular complexity index is 816. The number of anilines is 1. The Kier molecular flexibility index (Phi) is 5.19. The standard InChI is InChI=1S/C19H17NO4S/c1-13(21)14-6-8-15(9-7-14)24-19(23)10-11-20-16-4-2-3-5-17(16)25-12-18(20)22/h2-9H,10-12H2,1H3. The van der Waals surface area contributed by atoms with Crippen molar-refractivity contribution >= 4 is 35.1 Å². The summed E-state index contributed by atoms with van der Waals surface area (Å²) >= 11 is 1.51. The number of fused-ring (bicyclic) bond motifs is 1. The molecule has 25 heavy (non-hydrogen) atoms. The Labute approximate surface area is 150 Å². The normalized spacial score (nSPS) is 13.3. The third-order valence-electron chi connectivity index (χ3n) is 3.84. The topological polar surface area (TPSA) is 63.7 Å². The molecule has 0 saturated carbocycles. The van der Waals surface area contributed by atoms with Gasteiger partial charge in [0.25, 0.3) is 0 Å². The number of hydrogen-bond acceptors (Lipinski definition) is 5. The minimum Gasteiger partial charge on any atom is -0.426 e. The number of thioether (sulfide) groups is 1. The summed E-state index contributed by atoms with van der Waals surface area (Å²) < 4.78 is 5.27. The van der Waals surface area contributed by atoms with Crippen molar-refractivity contribution in [1.29, 1.82) is 0 Å². The molecule has 2 aromatic rings. The molecule has 0 saturated heterocycles. The average Bonchev–Trinajstić information content (AvgIpc) is 2.61. The van der Waals surface area contributed by atoms with Gasteiger partial charge in [-0.05, 0) is 43.3 Å². The molecule has 0 spiro atoms. The van der Waals surface area contributed by atoms with E-state index in [1.807, 2.05) is 24.3 Å². The van der Waals surface area contributed by atoms with Crippen molar-refractivity contribution in [3.8, 4) is 5.75 Å². The van der Waals surface area contributed by atoms with Crippen molar-refractivity contribution in [2.24, 2.45) is 0 Å². The maximum absolute atomic E-state index is 12.2. The van der Waals surface area contributed by atoms with Crippen molar-refractivity contribution in [2.75, 3.05) is 17.2 Å². The molecular weight excluding hydrogens is 338 g/mol. The second kappa shape index (κ2) is 7.53. The van der Waals surface area contributed by atoms with E-state index < -0.39 is 5.97 Å². The number of carbonyl (C=O) groups is 3. The molecule has 0 aromatic heterocycles. The number of carbonyl (C=O) groups excluding carboxylic acids is 3. The van der Waals surface area contributed by atoms with E-state index in [1.165, 1.54) is 18.7 Å². The molecule has 0 unspecified atom stereocenters. The van der Waals surface area contributed by atoms with E-state index in [2.05, 4.69) is 0 Å². The first-order chi connectivity index (χ1) is 12.0. The largest absolute Gasteiger partial charge is 0.426 e. The molecule has 6 heteroatoms. The van der Waals surface area contributed by atoms with Crippen LogP contribution in [0, 0.1) is 0 Å². The summed E-state index contributed by atoms with van der Waals surface area (Å²) in [5.41, 5.74) is 1.40. The Morgan fingerprint density at radius 1 is 1.12 bits per heavy atom. The second-order valence-corrected chi connectivity index (χ2v) is 6.62. The number of rotatable bonds is 5. The lowest BCUT2D eigenvalue weighted by atomic mass is 10.1. The van der Waals surface area contributed by atoms with Gasteiger partial charge in [-0.2, -0.15) is 0 Å². The van der Waals surface area contributed by atoms with Gasteiger partial charge in [0.1, 0.15) is 5.75 Å². The molecule has 0 aliphatic carbocycles. The van der Waals surface area contributed by atoms with Crippen LogP contribution in [-0.2, 0) is 9.59 Å². The fourth-order valence-corrected chi connectivity index (χ4v) is 3.48. The van der Waals surface area contributed by atoms with Gasteiger partial charge >= 0.3 is 5.97 Å². The van der Waals surface area contributed by atoms with Crippen molar-refractivity contribution < 1.29 is 19.1 Å². The number of ether oxygens (including phenoxy) is 1. The number of esters is 1. The zero-order valence-electron chi connectivity index (χ0n) is 13.7. The Morgan fingerprint density at radius 2 is 1.84 bits per heavy atom. The van der Waals surface area contributed by atoms with Gasteiger partial charge in [0.05, 0.1) is 17.9 Å². The summed E-state index contributed by atoms with van der Waals surface area (Å²) in [4.78, 5) is 38.1. The zero-order valence-corrected chi connectivity index (χ0v) is 14.5. The molecule has 128 valence electrons. The molecule has 5 nitrogen and oxygen atoms in total. The molecule has 0 radical (unpaired) electrons. The molecule has 3 rings (SSSR count). The summed E-state index contributed by atoms with van der Waals surface area (Å²) in [6.07, 6.45) is 0.0964. The summed E-state index contributed by atoms with van der Waals surface area (Å²) in [7, 11) is 0. The van der Waals surface area contributed by atoms with Crippen LogP contribution in [0.4, 0.5) is 5.69 Å². The fourth-order valence-electron chi connectivity index (χ4n) is 2.54. The molecule has 1 aliphatic heterocycles. The minimum atomic E-state index is -0.418. The van der Waals surface area contributed by atoms with E-state index in [1.54, 1.807) is 29.2 Å². The van der Waals surface area contributed by atoms with Gasteiger partial charge in [-0.25, -0.2) is 0 Å². The molecule has 2 aromatic carbocycles. The van der Waals surface area contributed by atoms with Gasteiger partial charge in [-0.15, -0.1) is 11.8 Å². The third kappa shape index (κ3) is 4.09. The zero-order chi connectivity index (χ0) is 17.8. The van der Waals surface area contributed by atoms with E-state index in [9.17, 15) is 14.4 Å². The van der Waals surface area contributed by atoms with Crippen LogP contribution in [0.2, 0.25) is 0 Å². The lowest BCUT2D eigenvalue weighted by Gasteiger charge is -2.28. The highest BCUT2D eigenvalue weighted by molar-refractivity contribution is 8.00. The predicted octanol–water partition coefficient (Wildman–Crippen LogP) is 3.32. The van der Waals surface area contributed by atoms with Crippen LogP contribution in [0.25, 0.3) is 0 Å². The lowest BCUT2D eigenvalue weighted by Crippen LogP contribution is -2.37. The first-order valence-corrected chi connectivity index (χ1v) is 8.87. The fraction of sp³-hybridized carbons (Fsp3) is 0.211. The van der Waals surface area contributed by atoms with Gasteiger partial charge < -0.3 is 9.64 Å². The lowest BCUT2D eigenvalue weighted by molar-refractivity contribution is -0.134. The SMILES string of the molecule is CC(=O)c1ccc(OC(=O)CCN2C(=O)CSc3ccccc32)cc1. The number of amides is 1. The highest BCUT2D eigenvalue weighted by Gasteiger charge is 2.24. The molecular formula is C19H17NO4S. The molecule has 0 fully saturated rings. The maximum Gasteiger partial charge on any atom is 0.312 e. The van der Waals surface area contributed by atoms with E-state index in [-0.39, 0.29) is 24.7 Å². The van der Waals surface area contributed by atoms with Crippen LogP contribution >= 0.6 is 11.8 Å². The van der Waals surface area contributed by atoms with Crippen LogP contribution in [0.5, 0.6) is 5.75 Å². The van der Waals surface area contributed by atoms with Crippen LogP contribution in [-0.4, -0.2) is 30.0 Å². The molecule has 1 aliphatic rings. The minimum absolute atomic E-state index is 0.0117. The van der Waals surface area contributed by atoms with E-state index in [0.717, 1.165) is 10.6 Å². The number of benzene rings is 2. The molecule has 1 amide bonds. The highest BCUT2D eigenvalue weighted by Crippen LogP contribution is 2.34. The Morgan fingerprint density at radius 3 is 2.56 bits per heavy atom. The first kappa shape index (κ1) is 17.2. The Hall–Kier alpha value is -2.60. The Balaban J connectivity index is 1.60. The quantitative estimate of drug-likeness (QED) is 0.468. The first-order valence-electron chi connectivity index (χ1n) is 7.88. The van der Waals surface area contributed by atoms with Crippen molar-refractivity contribution in [3.63, 3.8) is 0 Å².